The Hall–Kier alpha value is -3.68. The minimum Gasteiger partial charge on any atom is -0.404 e. The van der Waals surface area contributed by atoms with E-state index in [0.29, 0.717) is 17.9 Å². The summed E-state index contributed by atoms with van der Waals surface area (Å²) in [5.74, 6) is 0.0630. The molecule has 4 heterocycles. The average molecular weight is 482 g/mol. The molecular weight excluding hydrogens is 463 g/mol. The number of rotatable bonds is 6. The Bertz CT molecular complexity index is 1210. The highest BCUT2D eigenvalue weighted by molar-refractivity contribution is 5.76. The van der Waals surface area contributed by atoms with Gasteiger partial charge in [-0.1, -0.05) is 0 Å². The van der Waals surface area contributed by atoms with Crippen molar-refractivity contribution in [1.29, 1.82) is 5.41 Å². The molecule has 1 aliphatic heterocycles. The fourth-order valence-electron chi connectivity index (χ4n) is 3.88. The second-order valence-corrected chi connectivity index (χ2v) is 7.55. The number of nitrogens with zero attached hydrogens (tertiary/aromatic N) is 6. The molecule has 0 radical (unpaired) electrons. The predicted octanol–water partition coefficient (Wildman–Crippen LogP) is 3.13. The van der Waals surface area contributed by atoms with Gasteiger partial charge >= 0.3 is 12.8 Å². The second-order valence-electron chi connectivity index (χ2n) is 7.55. The Morgan fingerprint density at radius 3 is 2.68 bits per heavy atom. The third-order valence-electron chi connectivity index (χ3n) is 5.42. The number of hydrogen-bond acceptors (Lipinski definition) is 8. The van der Waals surface area contributed by atoms with E-state index in [9.17, 15) is 22.0 Å². The molecule has 9 nitrogen and oxygen atoms in total. The maximum Gasteiger partial charge on any atom is 0.434 e. The normalized spacial score (nSPS) is 19.7. The zero-order valence-electron chi connectivity index (χ0n) is 17.5. The number of halogens is 5. The number of hydrogen-bond donors (Lipinski definition) is 2. The zero-order valence-corrected chi connectivity index (χ0v) is 17.5. The summed E-state index contributed by atoms with van der Waals surface area (Å²) < 4.78 is 71.1. The van der Waals surface area contributed by atoms with Gasteiger partial charge in [0.05, 0.1) is 18.5 Å². The summed E-state index contributed by atoms with van der Waals surface area (Å²) >= 11 is 0. The SMILES string of the molecule is N=C/C(=C\N)C1CC(OC(F)F)CN(c2ccnc(-c3cnc4cnc(C(F)(F)F)cn34)n2)C1. The lowest BCUT2D eigenvalue weighted by Crippen LogP contribution is -2.46. The molecule has 2 unspecified atom stereocenters. The number of alkyl halides is 5. The van der Waals surface area contributed by atoms with Crippen LogP contribution in [0.2, 0.25) is 0 Å². The maximum absolute atomic E-state index is 13.1. The first-order valence-corrected chi connectivity index (χ1v) is 10.0. The van der Waals surface area contributed by atoms with E-state index in [0.717, 1.165) is 18.6 Å². The van der Waals surface area contributed by atoms with Crippen LogP contribution in [-0.4, -0.2) is 56.4 Å². The van der Waals surface area contributed by atoms with Crippen molar-refractivity contribution in [2.24, 2.45) is 11.7 Å². The van der Waals surface area contributed by atoms with E-state index < -0.39 is 24.6 Å². The Kier molecular flexibility index (Phi) is 6.41. The van der Waals surface area contributed by atoms with Crippen molar-refractivity contribution in [3.63, 3.8) is 0 Å². The summed E-state index contributed by atoms with van der Waals surface area (Å²) in [5.41, 5.74) is 5.30. The third-order valence-corrected chi connectivity index (χ3v) is 5.42. The quantitative estimate of drug-likeness (QED) is 0.409. The topological polar surface area (TPSA) is 118 Å². The summed E-state index contributed by atoms with van der Waals surface area (Å²) in [4.78, 5) is 17.7. The second kappa shape index (κ2) is 9.29. The smallest absolute Gasteiger partial charge is 0.404 e. The van der Waals surface area contributed by atoms with Crippen LogP contribution in [0.15, 0.2) is 42.6 Å². The lowest BCUT2D eigenvalue weighted by molar-refractivity contribution is -0.166. The fourth-order valence-corrected chi connectivity index (χ4v) is 3.88. The van der Waals surface area contributed by atoms with Crippen LogP contribution in [0.3, 0.4) is 0 Å². The number of nitrogens with one attached hydrogen (secondary N) is 1. The highest BCUT2D eigenvalue weighted by atomic mass is 19.4. The average Bonchev–Trinajstić information content (AvgIpc) is 3.22. The molecule has 0 bridgehead atoms. The molecule has 0 aromatic carbocycles. The van der Waals surface area contributed by atoms with Gasteiger partial charge in [-0.05, 0) is 24.3 Å². The van der Waals surface area contributed by atoms with E-state index in [-0.39, 0.29) is 36.0 Å². The van der Waals surface area contributed by atoms with Crippen LogP contribution in [0.1, 0.15) is 12.1 Å². The molecule has 34 heavy (non-hydrogen) atoms. The molecule has 0 amide bonds. The Balaban J connectivity index is 1.69. The maximum atomic E-state index is 13.1. The Labute approximate surface area is 189 Å². The number of piperidine rings is 1. The first-order valence-electron chi connectivity index (χ1n) is 10.0. The number of fused-ring (bicyclic) bond motifs is 1. The highest BCUT2D eigenvalue weighted by Crippen LogP contribution is 2.31. The third kappa shape index (κ3) is 4.81. The van der Waals surface area contributed by atoms with Gasteiger partial charge in [0, 0.05) is 37.6 Å². The standard InChI is InChI=1S/C20H19F5N8O/c21-19(22)34-13-3-11(12(4-26)5-27)8-32(9-13)16-1-2-28-18(31-16)14-6-30-17-7-29-15(10-33(14)17)20(23,24)25/h1-2,4-7,10-11,13,19,26H,3,8-9,27H2/b12-5+,26-4?. The van der Waals surface area contributed by atoms with Crippen LogP contribution in [-0.2, 0) is 10.9 Å². The molecule has 1 fully saturated rings. The summed E-state index contributed by atoms with van der Waals surface area (Å²) in [7, 11) is 0. The zero-order chi connectivity index (χ0) is 24.5. The van der Waals surface area contributed by atoms with Crippen molar-refractivity contribution >= 4 is 17.7 Å². The monoisotopic (exact) mass is 482 g/mol. The lowest BCUT2D eigenvalue weighted by Gasteiger charge is -2.38. The van der Waals surface area contributed by atoms with Gasteiger partial charge in [0.25, 0.3) is 0 Å². The lowest BCUT2D eigenvalue weighted by atomic mass is 9.89. The number of imidazole rings is 1. The molecular formula is C20H19F5N8O. The van der Waals surface area contributed by atoms with E-state index in [1.165, 1.54) is 23.0 Å². The highest BCUT2D eigenvalue weighted by Gasteiger charge is 2.34. The first-order chi connectivity index (χ1) is 16.2. The molecule has 3 aromatic rings. The summed E-state index contributed by atoms with van der Waals surface area (Å²) in [6, 6.07) is 1.55. The van der Waals surface area contributed by atoms with Gasteiger partial charge in [-0.15, -0.1) is 0 Å². The van der Waals surface area contributed by atoms with Crippen LogP contribution < -0.4 is 10.6 Å². The van der Waals surface area contributed by atoms with E-state index in [2.05, 4.69) is 19.9 Å². The summed E-state index contributed by atoms with van der Waals surface area (Å²) in [6.45, 7) is -2.58. The van der Waals surface area contributed by atoms with Crippen LogP contribution in [0, 0.1) is 11.3 Å². The van der Waals surface area contributed by atoms with Gasteiger partial charge in [0.2, 0.25) is 0 Å². The van der Waals surface area contributed by atoms with Crippen molar-refractivity contribution < 1.29 is 26.7 Å². The molecule has 2 atom stereocenters. The molecule has 0 aliphatic carbocycles. The van der Waals surface area contributed by atoms with Crippen molar-refractivity contribution in [3.05, 3.63) is 48.3 Å². The van der Waals surface area contributed by atoms with Crippen molar-refractivity contribution in [2.45, 2.75) is 25.3 Å². The minimum atomic E-state index is -4.65. The van der Waals surface area contributed by atoms with Gasteiger partial charge in [-0.25, -0.2) is 19.9 Å². The summed E-state index contributed by atoms with van der Waals surface area (Å²) in [6.07, 6.45) is 1.56. The molecule has 1 aliphatic rings. The van der Waals surface area contributed by atoms with Gasteiger partial charge in [-0.2, -0.15) is 22.0 Å². The van der Waals surface area contributed by atoms with Gasteiger partial charge < -0.3 is 20.8 Å². The number of anilines is 1. The Morgan fingerprint density at radius 2 is 2.00 bits per heavy atom. The molecule has 0 spiro atoms. The fraction of sp³-hybridized carbons (Fsp3) is 0.350. The number of nitrogens with two attached hydrogens (primary N) is 1. The van der Waals surface area contributed by atoms with E-state index in [4.69, 9.17) is 15.9 Å². The van der Waals surface area contributed by atoms with Gasteiger partial charge in [-0.3, -0.25) is 4.40 Å². The molecule has 14 heteroatoms. The van der Waals surface area contributed by atoms with Crippen molar-refractivity contribution in [3.8, 4) is 11.5 Å². The molecule has 4 rings (SSSR count). The first kappa shape index (κ1) is 23.5. The molecule has 3 aromatic heterocycles. The Morgan fingerprint density at radius 1 is 1.21 bits per heavy atom. The molecule has 0 saturated carbocycles. The van der Waals surface area contributed by atoms with Crippen molar-refractivity contribution in [1.82, 2.24) is 24.3 Å². The van der Waals surface area contributed by atoms with Crippen LogP contribution in [0.25, 0.3) is 17.2 Å². The minimum absolute atomic E-state index is 0.0828. The van der Waals surface area contributed by atoms with Gasteiger partial charge in [0.1, 0.15) is 11.5 Å². The molecule has 3 N–H and O–H groups in total. The molecule has 1 saturated heterocycles. The van der Waals surface area contributed by atoms with Gasteiger partial charge in [0.15, 0.2) is 17.2 Å². The van der Waals surface area contributed by atoms with E-state index in [1.807, 2.05) is 0 Å². The van der Waals surface area contributed by atoms with Crippen LogP contribution in [0.4, 0.5) is 27.8 Å². The van der Waals surface area contributed by atoms with Crippen molar-refractivity contribution in [2.75, 3.05) is 18.0 Å². The summed E-state index contributed by atoms with van der Waals surface area (Å²) in [5, 5.41) is 7.54. The number of ether oxygens (including phenoxy) is 1. The number of aromatic nitrogens is 5. The van der Waals surface area contributed by atoms with Crippen LogP contribution in [0.5, 0.6) is 0 Å². The predicted molar refractivity (Wildman–Crippen MR) is 111 cm³/mol. The van der Waals surface area contributed by atoms with E-state index >= 15 is 0 Å². The largest absolute Gasteiger partial charge is 0.434 e. The molecule has 180 valence electrons. The van der Waals surface area contributed by atoms with Crippen LogP contribution >= 0.6 is 0 Å². The van der Waals surface area contributed by atoms with E-state index in [1.54, 1.807) is 11.0 Å².